The van der Waals surface area contributed by atoms with Gasteiger partial charge in [0, 0.05) is 29.7 Å². The highest BCUT2D eigenvalue weighted by molar-refractivity contribution is 7.89. The van der Waals surface area contributed by atoms with Gasteiger partial charge in [0.25, 0.3) is 11.8 Å². The number of rotatable bonds is 7. The number of methoxy groups -OCH3 is 1. The molecule has 10 nitrogen and oxygen atoms in total. The molecule has 2 N–H and O–H groups in total. The number of nitrogens with one attached hydrogen (secondary N) is 2. The number of morpholine rings is 1. The number of anilines is 2. The summed E-state index contributed by atoms with van der Waals surface area (Å²) >= 11 is 0. The maximum absolute atomic E-state index is 13.1. The van der Waals surface area contributed by atoms with Crippen molar-refractivity contribution in [1.29, 1.82) is 0 Å². The lowest BCUT2D eigenvalue weighted by Gasteiger charge is -2.26. The third-order valence-corrected chi connectivity index (χ3v) is 8.03. The first-order valence-corrected chi connectivity index (χ1v) is 13.3. The Bertz CT molecular complexity index is 1570. The van der Waals surface area contributed by atoms with Gasteiger partial charge in [-0.05, 0) is 60.7 Å². The van der Waals surface area contributed by atoms with Crippen LogP contribution < -0.4 is 15.4 Å². The first kappa shape index (κ1) is 25.5. The average Bonchev–Trinajstić information content (AvgIpc) is 3.32. The molecule has 0 spiro atoms. The van der Waals surface area contributed by atoms with Crippen LogP contribution in [0.4, 0.5) is 11.4 Å². The van der Waals surface area contributed by atoms with Crippen LogP contribution in [0, 0.1) is 0 Å². The molecule has 3 aromatic carbocycles. The van der Waals surface area contributed by atoms with E-state index in [1.807, 2.05) is 0 Å². The van der Waals surface area contributed by atoms with E-state index >= 15 is 0 Å². The Morgan fingerprint density at radius 2 is 1.55 bits per heavy atom. The van der Waals surface area contributed by atoms with Crippen molar-refractivity contribution in [3.63, 3.8) is 0 Å². The summed E-state index contributed by atoms with van der Waals surface area (Å²) in [6.07, 6.45) is 0. The molecule has 38 heavy (non-hydrogen) atoms. The molecule has 11 heteroatoms. The largest absolute Gasteiger partial charge is 0.497 e. The number of hydrogen-bond donors (Lipinski definition) is 2. The molecule has 0 unspecified atom stereocenters. The van der Waals surface area contributed by atoms with Crippen molar-refractivity contribution in [3.8, 4) is 5.75 Å². The van der Waals surface area contributed by atoms with E-state index in [4.69, 9.17) is 13.9 Å². The fraction of sp³-hybridized carbons (Fsp3) is 0.185. The van der Waals surface area contributed by atoms with Gasteiger partial charge in [-0.2, -0.15) is 4.31 Å². The van der Waals surface area contributed by atoms with Gasteiger partial charge < -0.3 is 24.5 Å². The van der Waals surface area contributed by atoms with Gasteiger partial charge in [0.15, 0.2) is 0 Å². The molecule has 4 aromatic rings. The molecular weight excluding hydrogens is 510 g/mol. The summed E-state index contributed by atoms with van der Waals surface area (Å²) in [5.41, 5.74) is 1.37. The molecule has 2 amide bonds. The number of sulfonamides is 1. The molecule has 0 aliphatic carbocycles. The minimum absolute atomic E-state index is 0.0677. The Hall–Kier alpha value is -4.19. The van der Waals surface area contributed by atoms with Gasteiger partial charge in [-0.1, -0.05) is 12.1 Å². The first-order chi connectivity index (χ1) is 18.4. The molecule has 0 atom stereocenters. The van der Waals surface area contributed by atoms with Gasteiger partial charge in [0.1, 0.15) is 17.0 Å². The Morgan fingerprint density at radius 3 is 2.24 bits per heavy atom. The standard InChI is InChI=1S/C27H25N3O7S/c1-35-20-10-8-19(9-11-20)28-27(32)25-24(22-4-2-3-5-23(22)37-25)29-26(31)18-6-12-21(13-7-18)38(33,34)30-14-16-36-17-15-30/h2-13H,14-17H2,1H3,(H,28,32)(H,29,31). The smallest absolute Gasteiger partial charge is 0.293 e. The molecule has 1 saturated heterocycles. The minimum Gasteiger partial charge on any atom is -0.497 e. The number of ether oxygens (including phenoxy) is 2. The molecule has 5 rings (SSSR count). The van der Waals surface area contributed by atoms with Crippen LogP contribution in [0.1, 0.15) is 20.9 Å². The van der Waals surface area contributed by atoms with E-state index in [9.17, 15) is 18.0 Å². The van der Waals surface area contributed by atoms with Crippen molar-refractivity contribution in [2.75, 3.05) is 44.0 Å². The SMILES string of the molecule is COc1ccc(NC(=O)c2oc3ccccc3c2NC(=O)c2ccc(S(=O)(=O)N3CCOCC3)cc2)cc1. The summed E-state index contributed by atoms with van der Waals surface area (Å²) < 4.78 is 43.3. The highest BCUT2D eigenvalue weighted by Crippen LogP contribution is 2.32. The molecule has 1 aliphatic rings. The second-order valence-corrected chi connectivity index (χ2v) is 10.4. The summed E-state index contributed by atoms with van der Waals surface area (Å²) in [7, 11) is -2.14. The van der Waals surface area contributed by atoms with E-state index in [0.29, 0.717) is 35.6 Å². The highest BCUT2D eigenvalue weighted by Gasteiger charge is 2.27. The predicted molar refractivity (Wildman–Crippen MR) is 141 cm³/mol. The number of furan rings is 1. The van der Waals surface area contributed by atoms with Crippen molar-refractivity contribution in [2.24, 2.45) is 0 Å². The van der Waals surface area contributed by atoms with Crippen LogP contribution in [0.3, 0.4) is 0 Å². The Labute approximate surface area is 219 Å². The van der Waals surface area contributed by atoms with Crippen LogP contribution in [0.5, 0.6) is 5.75 Å². The van der Waals surface area contributed by atoms with Crippen LogP contribution in [-0.2, 0) is 14.8 Å². The van der Waals surface area contributed by atoms with Gasteiger partial charge in [-0.15, -0.1) is 0 Å². The molecule has 196 valence electrons. The predicted octanol–water partition coefficient (Wildman–Crippen LogP) is 3.97. The van der Waals surface area contributed by atoms with E-state index < -0.39 is 21.8 Å². The number of fused-ring (bicyclic) bond motifs is 1. The molecule has 0 saturated carbocycles. The lowest BCUT2D eigenvalue weighted by atomic mass is 10.1. The quantitative estimate of drug-likeness (QED) is 0.367. The van der Waals surface area contributed by atoms with E-state index in [1.165, 1.54) is 28.6 Å². The van der Waals surface area contributed by atoms with Crippen molar-refractivity contribution in [3.05, 3.63) is 84.1 Å². The van der Waals surface area contributed by atoms with E-state index in [1.54, 1.807) is 55.6 Å². The normalized spacial score (nSPS) is 14.2. The van der Waals surface area contributed by atoms with Crippen LogP contribution in [-0.4, -0.2) is 58.0 Å². The second-order valence-electron chi connectivity index (χ2n) is 8.48. The number of carbonyl (C=O) groups is 2. The second kappa shape index (κ2) is 10.7. The molecule has 1 aromatic heterocycles. The Morgan fingerprint density at radius 1 is 0.868 bits per heavy atom. The fourth-order valence-electron chi connectivity index (χ4n) is 4.09. The summed E-state index contributed by atoms with van der Waals surface area (Å²) in [6.45, 7) is 1.23. The van der Waals surface area contributed by atoms with E-state index in [2.05, 4.69) is 10.6 Å². The van der Waals surface area contributed by atoms with Crippen molar-refractivity contribution < 1.29 is 31.9 Å². The van der Waals surface area contributed by atoms with E-state index in [-0.39, 0.29) is 35.0 Å². The molecular formula is C27H25N3O7S. The molecule has 0 radical (unpaired) electrons. The van der Waals surface area contributed by atoms with Crippen LogP contribution >= 0.6 is 0 Å². The lowest BCUT2D eigenvalue weighted by Crippen LogP contribution is -2.40. The third-order valence-electron chi connectivity index (χ3n) is 6.11. The summed E-state index contributed by atoms with van der Waals surface area (Å²) in [5, 5.41) is 6.07. The van der Waals surface area contributed by atoms with Crippen LogP contribution in [0.2, 0.25) is 0 Å². The number of hydrogen-bond acceptors (Lipinski definition) is 7. The number of benzene rings is 3. The summed E-state index contributed by atoms with van der Waals surface area (Å²) in [6, 6.07) is 19.4. The number of carbonyl (C=O) groups excluding carboxylic acids is 2. The fourth-order valence-corrected chi connectivity index (χ4v) is 5.50. The maximum atomic E-state index is 13.1. The molecule has 0 bridgehead atoms. The van der Waals surface area contributed by atoms with Gasteiger partial charge in [-0.25, -0.2) is 8.42 Å². The number of amides is 2. The molecule has 1 aliphatic heterocycles. The first-order valence-electron chi connectivity index (χ1n) is 11.8. The molecule has 1 fully saturated rings. The Balaban J connectivity index is 1.38. The van der Waals surface area contributed by atoms with Crippen molar-refractivity contribution >= 4 is 44.2 Å². The summed E-state index contributed by atoms with van der Waals surface area (Å²) in [5.74, 6) is -0.496. The van der Waals surface area contributed by atoms with Gasteiger partial charge in [0.2, 0.25) is 15.8 Å². The zero-order chi connectivity index (χ0) is 26.7. The topological polar surface area (TPSA) is 127 Å². The average molecular weight is 536 g/mol. The zero-order valence-electron chi connectivity index (χ0n) is 20.5. The lowest BCUT2D eigenvalue weighted by molar-refractivity contribution is 0.0730. The van der Waals surface area contributed by atoms with Crippen LogP contribution in [0.25, 0.3) is 11.0 Å². The monoisotopic (exact) mass is 535 g/mol. The van der Waals surface area contributed by atoms with Crippen molar-refractivity contribution in [1.82, 2.24) is 4.31 Å². The van der Waals surface area contributed by atoms with Crippen LogP contribution in [0.15, 0.2) is 82.1 Å². The highest BCUT2D eigenvalue weighted by atomic mass is 32.2. The minimum atomic E-state index is -3.69. The molecule has 2 heterocycles. The third kappa shape index (κ3) is 5.12. The summed E-state index contributed by atoms with van der Waals surface area (Å²) in [4.78, 5) is 26.3. The van der Waals surface area contributed by atoms with Gasteiger partial charge >= 0.3 is 0 Å². The maximum Gasteiger partial charge on any atom is 0.293 e. The zero-order valence-corrected chi connectivity index (χ0v) is 21.3. The van der Waals surface area contributed by atoms with Gasteiger partial charge in [0.05, 0.1) is 25.2 Å². The van der Waals surface area contributed by atoms with E-state index in [0.717, 1.165) is 0 Å². The van der Waals surface area contributed by atoms with Gasteiger partial charge in [-0.3, -0.25) is 9.59 Å². The van der Waals surface area contributed by atoms with Crippen molar-refractivity contribution in [2.45, 2.75) is 4.90 Å². The number of para-hydroxylation sites is 1. The Kier molecular flexibility index (Phi) is 7.14. The number of nitrogens with zero attached hydrogens (tertiary/aromatic N) is 1.